The molecule has 0 amide bonds. The van der Waals surface area contributed by atoms with Crippen molar-refractivity contribution in [3.05, 3.63) is 30.3 Å². The van der Waals surface area contributed by atoms with Gasteiger partial charge in [-0.3, -0.25) is 9.89 Å². The van der Waals surface area contributed by atoms with Gasteiger partial charge in [0.15, 0.2) is 5.96 Å². The van der Waals surface area contributed by atoms with Crippen molar-refractivity contribution in [1.29, 1.82) is 0 Å². The highest BCUT2D eigenvalue weighted by Crippen LogP contribution is 2.51. The van der Waals surface area contributed by atoms with Crippen LogP contribution in [0.4, 0.5) is 0 Å². The van der Waals surface area contributed by atoms with Gasteiger partial charge in [-0.25, -0.2) is 0 Å². The van der Waals surface area contributed by atoms with Crippen LogP contribution in [0.25, 0.3) is 0 Å². The molecule has 1 saturated carbocycles. The molecule has 1 aliphatic carbocycles. The van der Waals surface area contributed by atoms with Crippen LogP contribution >= 0.6 is 23.5 Å². The SMILES string of the molecule is CCNC(=NCC1(N2CCOCC2)CCSC1)NCC1(Sc2ccccc2)CC1. The zero-order chi connectivity index (χ0) is 20.0. The topological polar surface area (TPSA) is 48.9 Å². The molecule has 5 nitrogen and oxygen atoms in total. The van der Waals surface area contributed by atoms with Gasteiger partial charge in [-0.05, 0) is 44.1 Å². The van der Waals surface area contributed by atoms with Crippen molar-refractivity contribution < 1.29 is 4.74 Å². The predicted octanol–water partition coefficient (Wildman–Crippen LogP) is 3.07. The number of nitrogens with zero attached hydrogens (tertiary/aromatic N) is 2. The van der Waals surface area contributed by atoms with Crippen LogP contribution in [0.2, 0.25) is 0 Å². The molecule has 1 unspecified atom stereocenters. The number of thioether (sulfide) groups is 2. The number of aliphatic imine (C=N–C) groups is 1. The fourth-order valence-electron chi connectivity index (χ4n) is 4.11. The van der Waals surface area contributed by atoms with Gasteiger partial charge >= 0.3 is 0 Å². The van der Waals surface area contributed by atoms with E-state index in [-0.39, 0.29) is 5.54 Å². The third kappa shape index (κ3) is 5.63. The molecule has 1 aromatic rings. The van der Waals surface area contributed by atoms with E-state index >= 15 is 0 Å². The molecule has 0 aromatic heterocycles. The number of hydrogen-bond acceptors (Lipinski definition) is 5. The lowest BCUT2D eigenvalue weighted by Crippen LogP contribution is -2.56. The molecule has 2 saturated heterocycles. The maximum Gasteiger partial charge on any atom is 0.191 e. The fourth-order valence-corrected chi connectivity index (χ4v) is 6.82. The maximum atomic E-state index is 5.59. The van der Waals surface area contributed by atoms with Crippen molar-refractivity contribution in [3.63, 3.8) is 0 Å². The molecule has 3 aliphatic rings. The lowest BCUT2D eigenvalue weighted by molar-refractivity contribution is -0.0104. The summed E-state index contributed by atoms with van der Waals surface area (Å²) >= 11 is 4.08. The molecule has 0 bridgehead atoms. The molecule has 0 radical (unpaired) electrons. The summed E-state index contributed by atoms with van der Waals surface area (Å²) in [5, 5.41) is 7.13. The van der Waals surface area contributed by atoms with E-state index < -0.39 is 0 Å². The van der Waals surface area contributed by atoms with E-state index in [0.29, 0.717) is 4.75 Å². The second-order valence-corrected chi connectivity index (χ2v) is 10.9. The van der Waals surface area contributed by atoms with Gasteiger partial charge in [0, 0.05) is 41.6 Å². The molecular weight excluding hydrogens is 400 g/mol. The van der Waals surface area contributed by atoms with Gasteiger partial charge in [-0.1, -0.05) is 18.2 Å². The molecule has 1 atom stereocenters. The van der Waals surface area contributed by atoms with Gasteiger partial charge in [0.25, 0.3) is 0 Å². The summed E-state index contributed by atoms with van der Waals surface area (Å²) in [5.74, 6) is 3.40. The second-order valence-electron chi connectivity index (χ2n) is 8.27. The highest BCUT2D eigenvalue weighted by atomic mass is 32.2. The Morgan fingerprint density at radius 2 is 1.97 bits per heavy atom. The van der Waals surface area contributed by atoms with Crippen LogP contribution in [-0.4, -0.2) is 78.6 Å². The lowest BCUT2D eigenvalue weighted by Gasteiger charge is -2.42. The summed E-state index contributed by atoms with van der Waals surface area (Å²) in [6.45, 7) is 8.66. The smallest absolute Gasteiger partial charge is 0.191 e. The number of hydrogen-bond donors (Lipinski definition) is 2. The van der Waals surface area contributed by atoms with Crippen molar-refractivity contribution in [2.24, 2.45) is 4.99 Å². The van der Waals surface area contributed by atoms with Crippen molar-refractivity contribution in [3.8, 4) is 0 Å². The molecular formula is C22H34N4OS2. The third-order valence-electron chi connectivity index (χ3n) is 6.10. The predicted molar refractivity (Wildman–Crippen MR) is 125 cm³/mol. The molecule has 2 heterocycles. The van der Waals surface area contributed by atoms with Gasteiger partial charge < -0.3 is 15.4 Å². The average molecular weight is 435 g/mol. The van der Waals surface area contributed by atoms with E-state index in [2.05, 4.69) is 64.6 Å². The summed E-state index contributed by atoms with van der Waals surface area (Å²) in [6.07, 6.45) is 3.77. The first kappa shape index (κ1) is 21.3. The number of morpholine rings is 1. The molecule has 4 rings (SSSR count). The molecule has 0 spiro atoms. The fraction of sp³-hybridized carbons (Fsp3) is 0.682. The Kier molecular flexibility index (Phi) is 7.32. The standard InChI is InChI=1S/C22H34N4OS2/c1-2-23-20(25-17-22(8-9-22)29-19-6-4-3-5-7-19)24-16-21(10-15-28-18-21)26-11-13-27-14-12-26/h3-7H,2,8-18H2,1H3,(H2,23,24,25). The molecule has 1 aromatic carbocycles. The molecule has 3 fully saturated rings. The largest absolute Gasteiger partial charge is 0.379 e. The van der Waals surface area contributed by atoms with E-state index in [1.54, 1.807) is 0 Å². The molecule has 160 valence electrons. The maximum absolute atomic E-state index is 5.59. The quantitative estimate of drug-likeness (QED) is 0.484. The van der Waals surface area contributed by atoms with Gasteiger partial charge in [0.05, 0.1) is 25.3 Å². The second kappa shape index (κ2) is 9.94. The molecule has 29 heavy (non-hydrogen) atoms. The van der Waals surface area contributed by atoms with Crippen molar-refractivity contribution >= 4 is 29.5 Å². The summed E-state index contributed by atoms with van der Waals surface area (Å²) in [7, 11) is 0. The molecule has 2 aliphatic heterocycles. The van der Waals surface area contributed by atoms with E-state index in [9.17, 15) is 0 Å². The van der Waals surface area contributed by atoms with Gasteiger partial charge in [-0.2, -0.15) is 11.8 Å². The first-order valence-electron chi connectivity index (χ1n) is 10.9. The Hall–Kier alpha value is -0.890. The normalized spacial score (nSPS) is 27.0. The van der Waals surface area contributed by atoms with Crippen molar-refractivity contribution in [2.45, 2.75) is 41.4 Å². The monoisotopic (exact) mass is 434 g/mol. The van der Waals surface area contributed by atoms with Gasteiger partial charge in [0.1, 0.15) is 0 Å². The number of guanidine groups is 1. The Balaban J connectivity index is 1.37. The lowest BCUT2D eigenvalue weighted by atomic mass is 9.96. The first-order valence-corrected chi connectivity index (χ1v) is 12.9. The summed E-state index contributed by atoms with van der Waals surface area (Å²) in [6, 6.07) is 10.8. The van der Waals surface area contributed by atoms with Crippen LogP contribution in [0.1, 0.15) is 26.2 Å². The number of nitrogens with one attached hydrogen (secondary N) is 2. The Morgan fingerprint density at radius 3 is 2.62 bits per heavy atom. The summed E-state index contributed by atoms with van der Waals surface area (Å²) in [5.41, 5.74) is 0.201. The van der Waals surface area contributed by atoms with Crippen LogP contribution in [0.5, 0.6) is 0 Å². The van der Waals surface area contributed by atoms with E-state index in [4.69, 9.17) is 9.73 Å². The molecule has 7 heteroatoms. The van der Waals surface area contributed by atoms with Crippen LogP contribution in [0.15, 0.2) is 40.2 Å². The van der Waals surface area contributed by atoms with E-state index in [1.165, 1.54) is 35.7 Å². The van der Waals surface area contributed by atoms with E-state index in [0.717, 1.165) is 51.9 Å². The number of ether oxygens (including phenoxy) is 1. The van der Waals surface area contributed by atoms with Gasteiger partial charge in [-0.15, -0.1) is 11.8 Å². The zero-order valence-electron chi connectivity index (χ0n) is 17.5. The van der Waals surface area contributed by atoms with E-state index in [1.807, 2.05) is 11.8 Å². The van der Waals surface area contributed by atoms with Crippen LogP contribution in [-0.2, 0) is 4.74 Å². The van der Waals surface area contributed by atoms with Crippen molar-refractivity contribution in [2.75, 3.05) is 57.4 Å². The highest BCUT2D eigenvalue weighted by Gasteiger charge is 2.44. The average Bonchev–Trinajstić information content (AvgIpc) is 3.35. The highest BCUT2D eigenvalue weighted by molar-refractivity contribution is 8.01. The van der Waals surface area contributed by atoms with Crippen molar-refractivity contribution in [1.82, 2.24) is 15.5 Å². The van der Waals surface area contributed by atoms with Crippen LogP contribution < -0.4 is 10.6 Å². The van der Waals surface area contributed by atoms with Gasteiger partial charge in [0.2, 0.25) is 0 Å². The van der Waals surface area contributed by atoms with Crippen LogP contribution in [0.3, 0.4) is 0 Å². The first-order chi connectivity index (χ1) is 14.2. The zero-order valence-corrected chi connectivity index (χ0v) is 19.1. The Bertz CT molecular complexity index is 669. The Labute approximate surface area is 183 Å². The minimum Gasteiger partial charge on any atom is -0.379 e. The number of benzene rings is 1. The van der Waals surface area contributed by atoms with Crippen LogP contribution in [0, 0.1) is 0 Å². The summed E-state index contributed by atoms with van der Waals surface area (Å²) in [4.78, 5) is 9.07. The number of rotatable bonds is 8. The third-order valence-corrected chi connectivity index (χ3v) is 8.83. The minimum atomic E-state index is 0.201. The minimum absolute atomic E-state index is 0.201. The Morgan fingerprint density at radius 1 is 1.17 bits per heavy atom. The summed E-state index contributed by atoms with van der Waals surface area (Å²) < 4.78 is 5.91. The molecule has 2 N–H and O–H groups in total.